The van der Waals surface area contributed by atoms with Crippen molar-refractivity contribution in [3.63, 3.8) is 0 Å². The van der Waals surface area contributed by atoms with Gasteiger partial charge in [0.1, 0.15) is 5.82 Å². The number of nitrogens with two attached hydrogens (primary N) is 1. The summed E-state index contributed by atoms with van der Waals surface area (Å²) in [6.07, 6.45) is 2.39. The van der Waals surface area contributed by atoms with Crippen molar-refractivity contribution in [2.24, 2.45) is 7.05 Å². The Balaban J connectivity index is 2.81. The number of nitrogens with zero attached hydrogens (tertiary/aromatic N) is 2. The lowest BCUT2D eigenvalue weighted by molar-refractivity contribution is 0.300. The third kappa shape index (κ3) is 1.27. The quantitative estimate of drug-likeness (QED) is 0.585. The van der Waals surface area contributed by atoms with Gasteiger partial charge in [0, 0.05) is 31.8 Å². The van der Waals surface area contributed by atoms with Crippen LogP contribution >= 0.6 is 0 Å². The van der Waals surface area contributed by atoms with Crippen molar-refractivity contribution in [1.82, 2.24) is 9.78 Å². The number of aliphatic hydroxyl groups excluding tert-OH is 1. The van der Waals surface area contributed by atoms with Gasteiger partial charge in [-0.2, -0.15) is 5.10 Å². The fraction of sp³-hybridized carbons (Fsp3) is 0.500. The summed E-state index contributed by atoms with van der Waals surface area (Å²) in [5.74, 6) is 0.511. The number of nitrogen functional groups attached to an aromatic ring is 1. The van der Waals surface area contributed by atoms with Crippen molar-refractivity contribution in [3.8, 4) is 0 Å². The predicted molar refractivity (Wildman–Crippen MR) is 38.4 cm³/mol. The molecule has 0 aliphatic heterocycles. The van der Waals surface area contributed by atoms with E-state index in [0.717, 1.165) is 5.56 Å². The average Bonchev–Trinajstić information content (AvgIpc) is 2.13. The molecule has 0 spiro atoms. The minimum Gasteiger partial charge on any atom is -0.396 e. The highest BCUT2D eigenvalue weighted by Gasteiger charge is 2.00. The van der Waals surface area contributed by atoms with Crippen molar-refractivity contribution in [2.45, 2.75) is 6.42 Å². The molecule has 10 heavy (non-hydrogen) atoms. The van der Waals surface area contributed by atoms with Crippen LogP contribution in [-0.2, 0) is 13.5 Å². The first-order chi connectivity index (χ1) is 4.74. The van der Waals surface area contributed by atoms with E-state index in [0.29, 0.717) is 12.2 Å². The van der Waals surface area contributed by atoms with E-state index in [9.17, 15) is 0 Å². The Kier molecular flexibility index (Phi) is 1.91. The molecule has 0 aliphatic carbocycles. The van der Waals surface area contributed by atoms with Crippen LogP contribution in [0.3, 0.4) is 0 Å². The Hall–Kier alpha value is -1.03. The Labute approximate surface area is 59.3 Å². The molecule has 4 heteroatoms. The van der Waals surface area contributed by atoms with E-state index >= 15 is 0 Å². The molecule has 0 aromatic carbocycles. The van der Waals surface area contributed by atoms with E-state index in [1.54, 1.807) is 11.7 Å². The van der Waals surface area contributed by atoms with E-state index in [-0.39, 0.29) is 6.61 Å². The van der Waals surface area contributed by atoms with Gasteiger partial charge >= 0.3 is 0 Å². The first-order valence-electron chi connectivity index (χ1n) is 3.13. The van der Waals surface area contributed by atoms with E-state index in [1.807, 2.05) is 6.20 Å². The van der Waals surface area contributed by atoms with Gasteiger partial charge in [0.25, 0.3) is 0 Å². The zero-order chi connectivity index (χ0) is 7.56. The van der Waals surface area contributed by atoms with Crippen molar-refractivity contribution in [1.29, 1.82) is 0 Å². The maximum atomic E-state index is 8.56. The van der Waals surface area contributed by atoms with E-state index in [2.05, 4.69) is 5.10 Å². The van der Waals surface area contributed by atoms with E-state index < -0.39 is 0 Å². The summed E-state index contributed by atoms with van der Waals surface area (Å²) >= 11 is 0. The highest BCUT2D eigenvalue weighted by Crippen LogP contribution is 2.07. The summed E-state index contributed by atoms with van der Waals surface area (Å²) in [5, 5.41) is 12.5. The van der Waals surface area contributed by atoms with Gasteiger partial charge in [-0.25, -0.2) is 0 Å². The van der Waals surface area contributed by atoms with Crippen LogP contribution in [0.4, 0.5) is 5.82 Å². The molecule has 0 atom stereocenters. The van der Waals surface area contributed by atoms with Crippen LogP contribution in [0, 0.1) is 0 Å². The summed E-state index contributed by atoms with van der Waals surface area (Å²) in [7, 11) is 1.80. The molecule has 0 bridgehead atoms. The summed E-state index contributed by atoms with van der Waals surface area (Å²) in [5.41, 5.74) is 6.39. The number of hydrogen-bond donors (Lipinski definition) is 2. The topological polar surface area (TPSA) is 64.1 Å². The van der Waals surface area contributed by atoms with Crippen LogP contribution in [0.25, 0.3) is 0 Å². The molecule has 0 saturated carbocycles. The van der Waals surface area contributed by atoms with Gasteiger partial charge in [-0.15, -0.1) is 0 Å². The number of hydrogen-bond acceptors (Lipinski definition) is 3. The monoisotopic (exact) mass is 141 g/mol. The molecule has 0 saturated heterocycles. The van der Waals surface area contributed by atoms with Gasteiger partial charge in [0.05, 0.1) is 0 Å². The maximum Gasteiger partial charge on any atom is 0.148 e. The van der Waals surface area contributed by atoms with Gasteiger partial charge in [-0.3, -0.25) is 4.68 Å². The van der Waals surface area contributed by atoms with Crippen LogP contribution in [0.1, 0.15) is 5.56 Å². The molecular formula is C6H11N3O. The third-order valence-corrected chi connectivity index (χ3v) is 1.32. The van der Waals surface area contributed by atoms with Gasteiger partial charge in [0.15, 0.2) is 0 Å². The Morgan fingerprint density at radius 1 is 1.80 bits per heavy atom. The molecule has 0 radical (unpaired) electrons. The molecule has 56 valence electrons. The molecule has 1 heterocycles. The first-order valence-corrected chi connectivity index (χ1v) is 3.13. The van der Waals surface area contributed by atoms with Crippen molar-refractivity contribution < 1.29 is 5.11 Å². The minimum atomic E-state index is 0.121. The first kappa shape index (κ1) is 7.08. The zero-order valence-corrected chi connectivity index (χ0v) is 5.91. The molecule has 4 nitrogen and oxygen atoms in total. The minimum absolute atomic E-state index is 0.121. The van der Waals surface area contributed by atoms with Crippen molar-refractivity contribution >= 4 is 5.82 Å². The second-order valence-corrected chi connectivity index (χ2v) is 2.19. The molecule has 0 fully saturated rings. The summed E-state index contributed by atoms with van der Waals surface area (Å²) in [6, 6.07) is 0. The number of aromatic nitrogens is 2. The Morgan fingerprint density at radius 2 is 2.50 bits per heavy atom. The van der Waals surface area contributed by atoms with Gasteiger partial charge in [-0.1, -0.05) is 0 Å². The normalized spacial score (nSPS) is 10.2. The third-order valence-electron chi connectivity index (χ3n) is 1.32. The van der Waals surface area contributed by atoms with Gasteiger partial charge in [-0.05, 0) is 0 Å². The second-order valence-electron chi connectivity index (χ2n) is 2.19. The molecule has 1 aromatic rings. The molecule has 0 aliphatic rings. The fourth-order valence-electron chi connectivity index (χ4n) is 0.868. The van der Waals surface area contributed by atoms with Crippen LogP contribution < -0.4 is 5.73 Å². The van der Waals surface area contributed by atoms with Crippen LogP contribution in [-0.4, -0.2) is 21.5 Å². The van der Waals surface area contributed by atoms with E-state index in [1.165, 1.54) is 0 Å². The summed E-state index contributed by atoms with van der Waals surface area (Å²) in [4.78, 5) is 0. The Morgan fingerprint density at radius 3 is 2.90 bits per heavy atom. The maximum absolute atomic E-state index is 8.56. The van der Waals surface area contributed by atoms with Crippen LogP contribution in [0.2, 0.25) is 0 Å². The molecule has 3 N–H and O–H groups in total. The zero-order valence-electron chi connectivity index (χ0n) is 5.91. The molecule has 0 unspecified atom stereocenters. The Bertz CT molecular complexity index is 219. The average molecular weight is 141 g/mol. The number of aliphatic hydroxyl groups is 1. The molecular weight excluding hydrogens is 130 g/mol. The van der Waals surface area contributed by atoms with Crippen LogP contribution in [0.15, 0.2) is 6.20 Å². The number of aryl methyl sites for hydroxylation is 1. The number of rotatable bonds is 2. The van der Waals surface area contributed by atoms with Crippen molar-refractivity contribution in [2.75, 3.05) is 12.3 Å². The van der Waals surface area contributed by atoms with Gasteiger partial charge in [0.2, 0.25) is 0 Å². The summed E-state index contributed by atoms with van der Waals surface area (Å²) in [6.45, 7) is 0.121. The fourth-order valence-corrected chi connectivity index (χ4v) is 0.868. The highest BCUT2D eigenvalue weighted by atomic mass is 16.2. The van der Waals surface area contributed by atoms with Crippen LogP contribution in [0.5, 0.6) is 0 Å². The predicted octanol–water partition coefficient (Wildman–Crippen LogP) is -0.463. The van der Waals surface area contributed by atoms with Gasteiger partial charge < -0.3 is 10.8 Å². The highest BCUT2D eigenvalue weighted by molar-refractivity contribution is 5.37. The molecule has 1 aromatic heterocycles. The standard InChI is InChI=1S/C6H11N3O/c1-9-4-5(2-3-10)6(7)8-9/h4,10H,2-3H2,1H3,(H2,7,8). The lowest BCUT2D eigenvalue weighted by atomic mass is 10.2. The largest absolute Gasteiger partial charge is 0.396 e. The molecule has 0 amide bonds. The lowest BCUT2D eigenvalue weighted by Gasteiger charge is -1.90. The SMILES string of the molecule is Cn1cc(CCO)c(N)n1. The second kappa shape index (κ2) is 2.70. The van der Waals surface area contributed by atoms with Crippen molar-refractivity contribution in [3.05, 3.63) is 11.8 Å². The lowest BCUT2D eigenvalue weighted by Crippen LogP contribution is -1.94. The summed E-state index contributed by atoms with van der Waals surface area (Å²) < 4.78 is 1.64. The smallest absolute Gasteiger partial charge is 0.148 e. The van der Waals surface area contributed by atoms with E-state index in [4.69, 9.17) is 10.8 Å². The number of anilines is 1. The molecule has 1 rings (SSSR count).